The average molecular weight is 391 g/mol. The lowest BCUT2D eigenvalue weighted by Gasteiger charge is -2.21. The Kier molecular flexibility index (Phi) is 5.60. The first-order chi connectivity index (χ1) is 14.2. The number of likely N-dealkylation sites (tertiary alicyclic amines) is 1. The van der Waals surface area contributed by atoms with Crippen molar-refractivity contribution in [2.24, 2.45) is 0 Å². The molecule has 0 spiro atoms. The topological polar surface area (TPSA) is 64.4 Å². The molecule has 1 saturated heterocycles. The Morgan fingerprint density at radius 1 is 0.966 bits per heavy atom. The van der Waals surface area contributed by atoms with Gasteiger partial charge in [0.25, 0.3) is 11.5 Å². The molecule has 150 valence electrons. The highest BCUT2D eigenvalue weighted by Gasteiger charge is 2.23. The molecule has 2 aromatic carbocycles. The lowest BCUT2D eigenvalue weighted by Crippen LogP contribution is -2.34. The van der Waals surface area contributed by atoms with E-state index in [0.29, 0.717) is 28.8 Å². The second kappa shape index (κ2) is 8.47. The summed E-state index contributed by atoms with van der Waals surface area (Å²) in [6.07, 6.45) is 4.29. The molecule has 3 aromatic rings. The molecule has 2 heterocycles. The molecule has 1 aromatic heterocycles. The van der Waals surface area contributed by atoms with E-state index in [1.807, 2.05) is 24.0 Å². The molecule has 1 aliphatic rings. The molecular weight excluding hydrogens is 366 g/mol. The molecule has 0 N–H and O–H groups in total. The van der Waals surface area contributed by atoms with Crippen LogP contribution in [-0.4, -0.2) is 40.3 Å². The number of nitrogens with zero attached hydrogens (tertiary/aromatic N) is 3. The number of carbonyl (C=O) groups excluding carboxylic acids is 1. The Morgan fingerprint density at radius 2 is 1.62 bits per heavy atom. The number of amides is 1. The molecule has 6 nitrogen and oxygen atoms in total. The fourth-order valence-electron chi connectivity index (χ4n) is 3.80. The second-order valence-electron chi connectivity index (χ2n) is 7.24. The van der Waals surface area contributed by atoms with Gasteiger partial charge in [0.2, 0.25) is 0 Å². The summed E-state index contributed by atoms with van der Waals surface area (Å²) in [4.78, 5) is 28.3. The maximum Gasteiger partial charge on any atom is 0.279 e. The van der Waals surface area contributed by atoms with Crippen LogP contribution in [0, 0.1) is 0 Å². The first-order valence-corrected chi connectivity index (χ1v) is 10.2. The van der Waals surface area contributed by atoms with Crippen molar-refractivity contribution in [2.45, 2.75) is 32.6 Å². The summed E-state index contributed by atoms with van der Waals surface area (Å²) in [6.45, 7) is 3.96. The van der Waals surface area contributed by atoms with Crippen molar-refractivity contribution < 1.29 is 9.53 Å². The third-order valence-corrected chi connectivity index (χ3v) is 5.29. The van der Waals surface area contributed by atoms with E-state index in [4.69, 9.17) is 4.74 Å². The minimum atomic E-state index is -0.239. The summed E-state index contributed by atoms with van der Waals surface area (Å²) in [5, 5.41) is 5.62. The number of hydrogen-bond donors (Lipinski definition) is 0. The van der Waals surface area contributed by atoms with E-state index in [1.54, 1.807) is 36.4 Å². The smallest absolute Gasteiger partial charge is 0.279 e. The number of rotatable bonds is 4. The second-order valence-corrected chi connectivity index (χ2v) is 7.24. The number of aromatic nitrogens is 2. The first kappa shape index (κ1) is 19.2. The maximum absolute atomic E-state index is 13.3. The Hall–Kier alpha value is -3.15. The standard InChI is InChI=1S/C23H25N3O3/c1-2-29-18-13-11-17(12-14-18)26-22(27)20-10-6-5-9-19(20)21(24-26)23(28)25-15-7-3-4-8-16-25/h5-6,9-14H,2-4,7-8,15-16H2,1H3. The first-order valence-electron chi connectivity index (χ1n) is 10.2. The lowest BCUT2D eigenvalue weighted by atomic mass is 10.1. The monoisotopic (exact) mass is 391 g/mol. The van der Waals surface area contributed by atoms with Crippen molar-refractivity contribution in [3.63, 3.8) is 0 Å². The predicted molar refractivity (Wildman–Crippen MR) is 113 cm³/mol. The van der Waals surface area contributed by atoms with E-state index >= 15 is 0 Å². The van der Waals surface area contributed by atoms with Gasteiger partial charge in [-0.15, -0.1) is 0 Å². The molecule has 0 saturated carbocycles. The van der Waals surface area contributed by atoms with Crippen LogP contribution in [0.5, 0.6) is 5.75 Å². The Balaban J connectivity index is 1.82. The third kappa shape index (κ3) is 3.88. The normalized spacial score (nSPS) is 14.6. The zero-order valence-electron chi connectivity index (χ0n) is 16.6. The Labute approximate surface area is 169 Å². The SMILES string of the molecule is CCOc1ccc(-n2nc(C(=O)N3CCCCCC3)c3ccccc3c2=O)cc1. The van der Waals surface area contributed by atoms with Gasteiger partial charge in [-0.3, -0.25) is 9.59 Å². The van der Waals surface area contributed by atoms with Crippen LogP contribution in [0.1, 0.15) is 43.1 Å². The molecule has 0 aliphatic carbocycles. The fourth-order valence-corrected chi connectivity index (χ4v) is 3.80. The highest BCUT2D eigenvalue weighted by Crippen LogP contribution is 2.20. The van der Waals surface area contributed by atoms with Crippen molar-refractivity contribution in [3.05, 3.63) is 64.6 Å². The van der Waals surface area contributed by atoms with Gasteiger partial charge in [0.05, 0.1) is 17.7 Å². The molecule has 0 atom stereocenters. The Bertz CT molecular complexity index is 1060. The van der Waals surface area contributed by atoms with E-state index in [2.05, 4.69) is 5.10 Å². The number of benzene rings is 2. The fraction of sp³-hybridized carbons (Fsp3) is 0.348. The minimum absolute atomic E-state index is 0.109. The van der Waals surface area contributed by atoms with E-state index in [1.165, 1.54) is 4.68 Å². The molecule has 0 bridgehead atoms. The summed E-state index contributed by atoms with van der Waals surface area (Å²) in [5.74, 6) is 0.619. The lowest BCUT2D eigenvalue weighted by molar-refractivity contribution is 0.0756. The van der Waals surface area contributed by atoms with Gasteiger partial charge >= 0.3 is 0 Å². The predicted octanol–water partition coefficient (Wildman–Crippen LogP) is 3.80. The van der Waals surface area contributed by atoms with Crippen LogP contribution in [0.2, 0.25) is 0 Å². The number of hydrogen-bond acceptors (Lipinski definition) is 4. The van der Waals surface area contributed by atoms with Gasteiger partial charge in [0.1, 0.15) is 5.75 Å². The van der Waals surface area contributed by atoms with Crippen LogP contribution in [0.3, 0.4) is 0 Å². The molecule has 1 aliphatic heterocycles. The molecule has 0 unspecified atom stereocenters. The quantitative estimate of drug-likeness (QED) is 0.679. The average Bonchev–Trinajstić information content (AvgIpc) is 3.04. The number of ether oxygens (including phenoxy) is 1. The molecule has 0 radical (unpaired) electrons. The van der Waals surface area contributed by atoms with E-state index in [-0.39, 0.29) is 11.5 Å². The van der Waals surface area contributed by atoms with Gasteiger partial charge in [-0.2, -0.15) is 9.78 Å². The molecule has 29 heavy (non-hydrogen) atoms. The van der Waals surface area contributed by atoms with Crippen LogP contribution < -0.4 is 10.3 Å². The van der Waals surface area contributed by atoms with E-state index in [9.17, 15) is 9.59 Å². The van der Waals surface area contributed by atoms with Gasteiger partial charge in [0.15, 0.2) is 5.69 Å². The summed E-state index contributed by atoms with van der Waals surface area (Å²) in [7, 11) is 0. The van der Waals surface area contributed by atoms with Crippen LogP contribution in [0.25, 0.3) is 16.5 Å². The van der Waals surface area contributed by atoms with E-state index < -0.39 is 0 Å². The van der Waals surface area contributed by atoms with Gasteiger partial charge in [0, 0.05) is 18.5 Å². The van der Waals surface area contributed by atoms with Gasteiger partial charge in [-0.1, -0.05) is 31.0 Å². The van der Waals surface area contributed by atoms with Crippen LogP contribution >= 0.6 is 0 Å². The molecule has 4 rings (SSSR count). The molecule has 1 amide bonds. The van der Waals surface area contributed by atoms with Crippen LogP contribution in [-0.2, 0) is 0 Å². The van der Waals surface area contributed by atoms with Crippen molar-refractivity contribution in [1.82, 2.24) is 14.7 Å². The number of carbonyl (C=O) groups is 1. The van der Waals surface area contributed by atoms with Crippen molar-refractivity contribution >= 4 is 16.7 Å². The van der Waals surface area contributed by atoms with Crippen molar-refractivity contribution in [2.75, 3.05) is 19.7 Å². The van der Waals surface area contributed by atoms with Crippen molar-refractivity contribution in [1.29, 1.82) is 0 Å². The van der Waals surface area contributed by atoms with Crippen LogP contribution in [0.15, 0.2) is 53.3 Å². The molecule has 6 heteroatoms. The summed E-state index contributed by atoms with van der Waals surface area (Å²) in [6, 6.07) is 14.4. The summed E-state index contributed by atoms with van der Waals surface area (Å²) in [5.41, 5.74) is 0.697. The molecular formula is C23H25N3O3. The largest absolute Gasteiger partial charge is 0.494 e. The minimum Gasteiger partial charge on any atom is -0.494 e. The van der Waals surface area contributed by atoms with Gasteiger partial charge in [-0.25, -0.2) is 0 Å². The zero-order chi connectivity index (χ0) is 20.2. The maximum atomic E-state index is 13.3. The van der Waals surface area contributed by atoms with Gasteiger partial charge < -0.3 is 9.64 Å². The van der Waals surface area contributed by atoms with Gasteiger partial charge in [-0.05, 0) is 50.1 Å². The number of fused-ring (bicyclic) bond motifs is 1. The summed E-state index contributed by atoms with van der Waals surface area (Å²) < 4.78 is 6.80. The van der Waals surface area contributed by atoms with Crippen LogP contribution in [0.4, 0.5) is 0 Å². The third-order valence-electron chi connectivity index (χ3n) is 5.29. The van der Waals surface area contributed by atoms with Crippen molar-refractivity contribution in [3.8, 4) is 11.4 Å². The van der Waals surface area contributed by atoms with E-state index in [0.717, 1.165) is 44.5 Å². The highest BCUT2D eigenvalue weighted by molar-refractivity contribution is 6.04. The Morgan fingerprint density at radius 3 is 2.28 bits per heavy atom. The molecule has 1 fully saturated rings. The highest BCUT2D eigenvalue weighted by atomic mass is 16.5. The zero-order valence-corrected chi connectivity index (χ0v) is 16.6. The summed E-state index contributed by atoms with van der Waals surface area (Å²) >= 11 is 0.